The molecule has 0 radical (unpaired) electrons. The number of nitrogens with one attached hydrogen (secondary N) is 2. The quantitative estimate of drug-likeness (QED) is 0.841. The standard InChI is InChI=1S/C19H26N4O/c1-12(2)10-20-19(24)16-9-17(22-11-21-16)23-18-14(5)7-6-8-15(18)13(3)4/h6-9,11-13H,10H2,1-5H3,(H,20,24)(H,21,22,23). The van der Waals surface area contributed by atoms with Crippen molar-refractivity contribution >= 4 is 17.4 Å². The van der Waals surface area contributed by atoms with Crippen LogP contribution in [0.1, 0.15) is 55.2 Å². The number of aryl methyl sites for hydroxylation is 1. The molecule has 5 heteroatoms. The minimum absolute atomic E-state index is 0.178. The zero-order valence-electron chi connectivity index (χ0n) is 15.1. The summed E-state index contributed by atoms with van der Waals surface area (Å²) in [6, 6.07) is 7.91. The molecule has 1 heterocycles. The van der Waals surface area contributed by atoms with Gasteiger partial charge in [-0.05, 0) is 29.9 Å². The van der Waals surface area contributed by atoms with E-state index in [9.17, 15) is 4.79 Å². The molecule has 24 heavy (non-hydrogen) atoms. The number of hydrogen-bond acceptors (Lipinski definition) is 4. The topological polar surface area (TPSA) is 66.9 Å². The van der Waals surface area contributed by atoms with Gasteiger partial charge in [0.15, 0.2) is 0 Å². The van der Waals surface area contributed by atoms with E-state index >= 15 is 0 Å². The first-order valence-corrected chi connectivity index (χ1v) is 8.35. The zero-order valence-corrected chi connectivity index (χ0v) is 15.1. The molecule has 2 N–H and O–H groups in total. The minimum Gasteiger partial charge on any atom is -0.350 e. The summed E-state index contributed by atoms with van der Waals surface area (Å²) in [5, 5.41) is 6.22. The second-order valence-corrected chi connectivity index (χ2v) is 6.71. The third kappa shape index (κ3) is 4.54. The maximum Gasteiger partial charge on any atom is 0.270 e. The second kappa shape index (κ2) is 7.90. The average Bonchev–Trinajstić information content (AvgIpc) is 2.54. The molecule has 1 aromatic heterocycles. The summed E-state index contributed by atoms with van der Waals surface area (Å²) in [6.07, 6.45) is 1.42. The molecule has 1 aromatic carbocycles. The van der Waals surface area contributed by atoms with Crippen LogP contribution >= 0.6 is 0 Å². The van der Waals surface area contributed by atoms with E-state index in [4.69, 9.17) is 0 Å². The Balaban J connectivity index is 2.23. The van der Waals surface area contributed by atoms with Crippen LogP contribution in [0.25, 0.3) is 0 Å². The highest BCUT2D eigenvalue weighted by Crippen LogP contribution is 2.29. The maximum atomic E-state index is 12.2. The predicted octanol–water partition coefficient (Wildman–Crippen LogP) is 4.04. The summed E-state index contributed by atoms with van der Waals surface area (Å²) in [7, 11) is 0. The fourth-order valence-corrected chi connectivity index (χ4v) is 2.41. The summed E-state index contributed by atoms with van der Waals surface area (Å²) in [5.41, 5.74) is 3.78. The molecule has 2 rings (SSSR count). The Morgan fingerprint density at radius 2 is 1.92 bits per heavy atom. The Morgan fingerprint density at radius 3 is 2.58 bits per heavy atom. The minimum atomic E-state index is -0.178. The number of rotatable bonds is 6. The molecule has 1 amide bonds. The van der Waals surface area contributed by atoms with Crippen LogP contribution in [0.15, 0.2) is 30.6 Å². The lowest BCUT2D eigenvalue weighted by Gasteiger charge is -2.17. The van der Waals surface area contributed by atoms with Crippen molar-refractivity contribution < 1.29 is 4.79 Å². The second-order valence-electron chi connectivity index (χ2n) is 6.71. The van der Waals surface area contributed by atoms with E-state index in [1.54, 1.807) is 6.07 Å². The van der Waals surface area contributed by atoms with Crippen molar-refractivity contribution in [3.05, 3.63) is 47.4 Å². The number of nitrogens with zero attached hydrogens (tertiary/aromatic N) is 2. The number of benzene rings is 1. The van der Waals surface area contributed by atoms with Crippen molar-refractivity contribution in [2.24, 2.45) is 5.92 Å². The summed E-state index contributed by atoms with van der Waals surface area (Å²) in [6.45, 7) is 11.1. The molecule has 0 unspecified atom stereocenters. The lowest BCUT2D eigenvalue weighted by molar-refractivity contribution is 0.0944. The molecule has 0 fully saturated rings. The van der Waals surface area contributed by atoms with Gasteiger partial charge in [0.1, 0.15) is 17.8 Å². The highest BCUT2D eigenvalue weighted by Gasteiger charge is 2.12. The van der Waals surface area contributed by atoms with E-state index in [0.29, 0.717) is 29.9 Å². The van der Waals surface area contributed by atoms with Crippen LogP contribution in [0.2, 0.25) is 0 Å². The molecule has 0 spiro atoms. The van der Waals surface area contributed by atoms with Crippen LogP contribution in [0.5, 0.6) is 0 Å². The summed E-state index contributed by atoms with van der Waals surface area (Å²) in [5.74, 6) is 1.23. The molecule has 0 bridgehead atoms. The van der Waals surface area contributed by atoms with Gasteiger partial charge < -0.3 is 10.6 Å². The van der Waals surface area contributed by atoms with Crippen LogP contribution < -0.4 is 10.6 Å². The van der Waals surface area contributed by atoms with Crippen molar-refractivity contribution in [1.29, 1.82) is 0 Å². The van der Waals surface area contributed by atoms with Gasteiger partial charge in [-0.2, -0.15) is 0 Å². The van der Waals surface area contributed by atoms with E-state index in [1.807, 2.05) is 0 Å². The van der Waals surface area contributed by atoms with Gasteiger partial charge in [-0.1, -0.05) is 45.9 Å². The summed E-state index contributed by atoms with van der Waals surface area (Å²) >= 11 is 0. The van der Waals surface area contributed by atoms with Crippen LogP contribution in [0, 0.1) is 12.8 Å². The van der Waals surface area contributed by atoms with E-state index in [-0.39, 0.29) is 5.91 Å². The van der Waals surface area contributed by atoms with Crippen LogP contribution in [-0.4, -0.2) is 22.4 Å². The van der Waals surface area contributed by atoms with Gasteiger partial charge in [0.05, 0.1) is 0 Å². The van der Waals surface area contributed by atoms with Gasteiger partial charge in [-0.3, -0.25) is 4.79 Å². The molecule has 0 aliphatic rings. The van der Waals surface area contributed by atoms with E-state index in [1.165, 1.54) is 11.9 Å². The van der Waals surface area contributed by atoms with E-state index in [0.717, 1.165) is 11.3 Å². The van der Waals surface area contributed by atoms with Crippen LogP contribution in [0.4, 0.5) is 11.5 Å². The van der Waals surface area contributed by atoms with Gasteiger partial charge in [-0.15, -0.1) is 0 Å². The number of aromatic nitrogens is 2. The van der Waals surface area contributed by atoms with Crippen LogP contribution in [-0.2, 0) is 0 Å². The van der Waals surface area contributed by atoms with Crippen LogP contribution in [0.3, 0.4) is 0 Å². The SMILES string of the molecule is Cc1cccc(C(C)C)c1Nc1cc(C(=O)NCC(C)C)ncn1. The number of amides is 1. The van der Waals surface area contributed by atoms with Gasteiger partial charge in [0, 0.05) is 18.3 Å². The number of carbonyl (C=O) groups excluding carboxylic acids is 1. The number of para-hydroxylation sites is 1. The smallest absolute Gasteiger partial charge is 0.270 e. The van der Waals surface area contributed by atoms with E-state index < -0.39 is 0 Å². The third-order valence-corrected chi connectivity index (χ3v) is 3.75. The number of anilines is 2. The maximum absolute atomic E-state index is 12.2. The van der Waals surface area contributed by atoms with E-state index in [2.05, 4.69) is 73.4 Å². The van der Waals surface area contributed by atoms with Crippen molar-refractivity contribution in [2.75, 3.05) is 11.9 Å². The number of carbonyl (C=O) groups is 1. The Hall–Kier alpha value is -2.43. The number of hydrogen-bond donors (Lipinski definition) is 2. The monoisotopic (exact) mass is 326 g/mol. The molecule has 0 aliphatic heterocycles. The first-order valence-electron chi connectivity index (χ1n) is 8.35. The predicted molar refractivity (Wildman–Crippen MR) is 97.8 cm³/mol. The Bertz CT molecular complexity index is 710. The molecule has 128 valence electrons. The van der Waals surface area contributed by atoms with Crippen molar-refractivity contribution in [3.8, 4) is 0 Å². The van der Waals surface area contributed by atoms with Gasteiger partial charge >= 0.3 is 0 Å². The molecule has 0 atom stereocenters. The average molecular weight is 326 g/mol. The highest BCUT2D eigenvalue weighted by molar-refractivity contribution is 5.93. The largest absolute Gasteiger partial charge is 0.350 e. The lowest BCUT2D eigenvalue weighted by Crippen LogP contribution is -2.28. The molecule has 0 saturated heterocycles. The van der Waals surface area contributed by atoms with Gasteiger partial charge in [0.2, 0.25) is 0 Å². The Kier molecular flexibility index (Phi) is 5.90. The first kappa shape index (κ1) is 17.9. The summed E-state index contributed by atoms with van der Waals surface area (Å²) in [4.78, 5) is 20.5. The van der Waals surface area contributed by atoms with Crippen molar-refractivity contribution in [2.45, 2.75) is 40.5 Å². The van der Waals surface area contributed by atoms with Crippen molar-refractivity contribution in [1.82, 2.24) is 15.3 Å². The molecule has 0 aliphatic carbocycles. The van der Waals surface area contributed by atoms with Gasteiger partial charge in [-0.25, -0.2) is 9.97 Å². The highest BCUT2D eigenvalue weighted by atomic mass is 16.1. The zero-order chi connectivity index (χ0) is 17.7. The molecular formula is C19H26N4O. The summed E-state index contributed by atoms with van der Waals surface area (Å²) < 4.78 is 0. The fourth-order valence-electron chi connectivity index (χ4n) is 2.41. The Morgan fingerprint density at radius 1 is 1.17 bits per heavy atom. The molecule has 0 saturated carbocycles. The lowest BCUT2D eigenvalue weighted by atomic mass is 9.98. The normalized spacial score (nSPS) is 11.0. The van der Waals surface area contributed by atoms with Crippen molar-refractivity contribution in [3.63, 3.8) is 0 Å². The molecule has 2 aromatic rings. The first-order chi connectivity index (χ1) is 11.4. The third-order valence-electron chi connectivity index (χ3n) is 3.75. The molecule has 5 nitrogen and oxygen atoms in total. The fraction of sp³-hybridized carbons (Fsp3) is 0.421. The van der Waals surface area contributed by atoms with Gasteiger partial charge in [0.25, 0.3) is 5.91 Å². The Labute approximate surface area is 143 Å². The molecular weight excluding hydrogens is 300 g/mol.